The Morgan fingerprint density at radius 2 is 1.41 bits per heavy atom. The topological polar surface area (TPSA) is 164 Å². The van der Waals surface area contributed by atoms with E-state index in [0.717, 1.165) is 0 Å². The molecule has 12 nitrogen and oxygen atoms in total. The molecule has 0 aliphatic carbocycles. The first-order chi connectivity index (χ1) is 18.5. The Hall–Kier alpha value is -3.04. The molecule has 2 aliphatic rings. The lowest BCUT2D eigenvalue weighted by atomic mass is 9.86. The van der Waals surface area contributed by atoms with Crippen molar-refractivity contribution in [1.29, 1.82) is 0 Å². The van der Waals surface area contributed by atoms with Crippen molar-refractivity contribution in [3.05, 3.63) is 43.8 Å². The number of ether oxygens (including phenoxy) is 5. The molecule has 4 heterocycles. The van der Waals surface area contributed by atoms with Crippen LogP contribution in [0.5, 0.6) is 11.8 Å². The van der Waals surface area contributed by atoms with E-state index in [1.54, 1.807) is 19.9 Å². The van der Waals surface area contributed by atoms with Gasteiger partial charge in [-0.25, -0.2) is 24.4 Å². The van der Waals surface area contributed by atoms with Gasteiger partial charge in [0.05, 0.1) is 32.0 Å². The number of halogens is 1. The smallest absolute Gasteiger partial charge is 0.357 e. The molecule has 212 valence electrons. The minimum Gasteiger partial charge on any atom is -0.481 e. The summed E-state index contributed by atoms with van der Waals surface area (Å²) in [5.41, 5.74) is -1.51. The van der Waals surface area contributed by atoms with E-state index in [2.05, 4.69) is 9.97 Å². The first kappa shape index (κ1) is 30.5. The molecule has 0 fully saturated rings. The van der Waals surface area contributed by atoms with Crippen LogP contribution in [0.4, 0.5) is 0 Å². The number of pyridine rings is 2. The molecule has 0 radical (unpaired) electrons. The van der Waals surface area contributed by atoms with Gasteiger partial charge in [0.15, 0.2) is 16.9 Å². The molecule has 39 heavy (non-hydrogen) atoms. The standard InChI is InChI=1S/C15H19NO6.C11H12INO4/c1-4-6-21-13(17)11-7-10-9(12(16-11)20-3)8-22-14(18)15(10,19)5-2;1-3-11(15)7-4-8(12)13-9(16-2)6(7)5-17-10(11)14/h7,19H,4-6,8H2,1-3H3;4,15H,3,5H2,1-2H3/t15-;11-/m00/s1. The van der Waals surface area contributed by atoms with Crippen molar-refractivity contribution in [2.24, 2.45) is 0 Å². The number of hydrogen-bond donors (Lipinski definition) is 2. The van der Waals surface area contributed by atoms with Crippen molar-refractivity contribution in [2.75, 3.05) is 20.8 Å². The summed E-state index contributed by atoms with van der Waals surface area (Å²) in [6.07, 6.45) is 1.04. The van der Waals surface area contributed by atoms with Crippen LogP contribution < -0.4 is 9.47 Å². The molecule has 13 heteroatoms. The summed E-state index contributed by atoms with van der Waals surface area (Å²) in [5.74, 6) is -1.45. The van der Waals surface area contributed by atoms with Gasteiger partial charge < -0.3 is 33.9 Å². The average Bonchev–Trinajstić information content (AvgIpc) is 2.95. The Kier molecular flexibility index (Phi) is 9.72. The highest BCUT2D eigenvalue weighted by atomic mass is 127. The molecular weight excluding hydrogens is 627 g/mol. The second-order valence-corrected chi connectivity index (χ2v) is 9.84. The highest BCUT2D eigenvalue weighted by Crippen LogP contribution is 2.39. The average molecular weight is 658 g/mol. The van der Waals surface area contributed by atoms with Gasteiger partial charge in [-0.2, -0.15) is 0 Å². The van der Waals surface area contributed by atoms with Crippen LogP contribution in [0, 0.1) is 3.70 Å². The Bertz CT molecular complexity index is 1270. The number of hydrogen-bond acceptors (Lipinski definition) is 12. The fourth-order valence-electron chi connectivity index (χ4n) is 4.20. The van der Waals surface area contributed by atoms with Gasteiger partial charge in [-0.3, -0.25) is 0 Å². The van der Waals surface area contributed by atoms with E-state index in [0.29, 0.717) is 32.7 Å². The van der Waals surface area contributed by atoms with Gasteiger partial charge >= 0.3 is 17.9 Å². The van der Waals surface area contributed by atoms with E-state index < -0.39 is 29.1 Å². The number of rotatable bonds is 7. The monoisotopic (exact) mass is 658 g/mol. The molecule has 2 atom stereocenters. The van der Waals surface area contributed by atoms with Crippen molar-refractivity contribution in [3.8, 4) is 11.8 Å². The number of nitrogens with zero attached hydrogens (tertiary/aromatic N) is 2. The van der Waals surface area contributed by atoms with E-state index in [-0.39, 0.29) is 49.8 Å². The Balaban J connectivity index is 0.000000223. The predicted octanol–water partition coefficient (Wildman–Crippen LogP) is 2.66. The number of esters is 3. The Labute approximate surface area is 239 Å². The molecule has 2 aliphatic heterocycles. The molecule has 0 bridgehead atoms. The summed E-state index contributed by atoms with van der Waals surface area (Å²) >= 11 is 2.02. The number of aliphatic hydroxyl groups is 2. The van der Waals surface area contributed by atoms with E-state index in [1.807, 2.05) is 29.5 Å². The molecule has 0 aromatic carbocycles. The lowest BCUT2D eigenvalue weighted by Gasteiger charge is -2.32. The summed E-state index contributed by atoms with van der Waals surface area (Å²) in [6, 6.07) is 3.07. The second-order valence-electron chi connectivity index (χ2n) is 8.74. The van der Waals surface area contributed by atoms with E-state index in [1.165, 1.54) is 20.3 Å². The predicted molar refractivity (Wildman–Crippen MR) is 143 cm³/mol. The normalized spacial score (nSPS) is 21.3. The van der Waals surface area contributed by atoms with E-state index in [9.17, 15) is 24.6 Å². The van der Waals surface area contributed by atoms with Crippen molar-refractivity contribution in [3.63, 3.8) is 0 Å². The number of carbonyl (C=O) groups is 3. The fraction of sp³-hybridized carbons (Fsp3) is 0.500. The molecule has 0 amide bonds. The molecule has 2 aromatic rings. The summed E-state index contributed by atoms with van der Waals surface area (Å²) in [5, 5.41) is 21.0. The maximum Gasteiger partial charge on any atom is 0.357 e. The minimum atomic E-state index is -1.82. The van der Waals surface area contributed by atoms with Crippen LogP contribution in [0.2, 0.25) is 0 Å². The van der Waals surface area contributed by atoms with E-state index >= 15 is 0 Å². The highest BCUT2D eigenvalue weighted by molar-refractivity contribution is 14.1. The summed E-state index contributed by atoms with van der Waals surface area (Å²) in [6.45, 7) is 5.55. The molecular formula is C26H31IN2O10. The molecule has 0 saturated heterocycles. The number of methoxy groups -OCH3 is 2. The van der Waals surface area contributed by atoms with Gasteiger partial charge in [-0.1, -0.05) is 20.8 Å². The van der Waals surface area contributed by atoms with Crippen LogP contribution >= 0.6 is 22.6 Å². The maximum atomic E-state index is 12.0. The van der Waals surface area contributed by atoms with Crippen LogP contribution in [0.25, 0.3) is 0 Å². The fourth-order valence-corrected chi connectivity index (χ4v) is 4.73. The van der Waals surface area contributed by atoms with Crippen molar-refractivity contribution in [1.82, 2.24) is 9.97 Å². The zero-order valence-corrected chi connectivity index (χ0v) is 24.5. The molecule has 0 saturated carbocycles. The van der Waals surface area contributed by atoms with Crippen LogP contribution in [0.1, 0.15) is 72.8 Å². The zero-order chi connectivity index (χ0) is 29.0. The maximum absolute atomic E-state index is 12.0. The van der Waals surface area contributed by atoms with E-state index in [4.69, 9.17) is 23.7 Å². The lowest BCUT2D eigenvalue weighted by molar-refractivity contribution is -0.172. The third-order valence-electron chi connectivity index (χ3n) is 6.46. The van der Waals surface area contributed by atoms with Crippen molar-refractivity contribution >= 4 is 40.5 Å². The lowest BCUT2D eigenvalue weighted by Crippen LogP contribution is -2.41. The van der Waals surface area contributed by atoms with Crippen molar-refractivity contribution < 1.29 is 48.3 Å². The number of fused-ring (bicyclic) bond motifs is 2. The number of aromatic nitrogens is 2. The zero-order valence-electron chi connectivity index (χ0n) is 22.3. The molecule has 4 rings (SSSR count). The summed E-state index contributed by atoms with van der Waals surface area (Å²) < 4.78 is 26.0. The summed E-state index contributed by atoms with van der Waals surface area (Å²) in [4.78, 5) is 43.9. The second kappa shape index (κ2) is 12.4. The third kappa shape index (κ3) is 5.79. The Morgan fingerprint density at radius 1 is 0.923 bits per heavy atom. The van der Waals surface area contributed by atoms with Gasteiger partial charge in [0, 0.05) is 11.1 Å². The third-order valence-corrected chi connectivity index (χ3v) is 7.01. The van der Waals surface area contributed by atoms with Crippen LogP contribution in [0.15, 0.2) is 12.1 Å². The number of cyclic esters (lactones) is 2. The SMILES string of the molecule is CCCOC(=O)c1cc2c(c(OC)n1)COC(=O)[C@]2(O)CC.CC[C@@]1(O)C(=O)OCc2c1cc(I)nc2OC. The largest absolute Gasteiger partial charge is 0.481 e. The quantitative estimate of drug-likeness (QED) is 0.194. The number of carbonyl (C=O) groups excluding carboxylic acids is 3. The van der Waals surface area contributed by atoms with Gasteiger partial charge in [-0.05, 0) is 54.0 Å². The van der Waals surface area contributed by atoms with Crippen molar-refractivity contribution in [2.45, 2.75) is 64.4 Å². The van der Waals surface area contributed by atoms with Gasteiger partial charge in [0.1, 0.15) is 16.9 Å². The Morgan fingerprint density at radius 3 is 1.87 bits per heavy atom. The molecule has 0 spiro atoms. The van der Waals surface area contributed by atoms with Crippen LogP contribution in [-0.4, -0.2) is 58.9 Å². The van der Waals surface area contributed by atoms with Gasteiger partial charge in [0.2, 0.25) is 11.8 Å². The van der Waals surface area contributed by atoms with Crippen LogP contribution in [0.3, 0.4) is 0 Å². The van der Waals surface area contributed by atoms with Gasteiger partial charge in [0.25, 0.3) is 0 Å². The first-order valence-corrected chi connectivity index (χ1v) is 13.4. The minimum absolute atomic E-state index is 0.00868. The summed E-state index contributed by atoms with van der Waals surface area (Å²) in [7, 11) is 2.89. The van der Waals surface area contributed by atoms with Gasteiger partial charge in [-0.15, -0.1) is 0 Å². The highest BCUT2D eigenvalue weighted by Gasteiger charge is 2.46. The molecule has 0 unspecified atom stereocenters. The van der Waals surface area contributed by atoms with Crippen LogP contribution in [-0.2, 0) is 48.2 Å². The molecule has 2 N–H and O–H groups in total. The first-order valence-electron chi connectivity index (χ1n) is 12.3. The molecule has 2 aromatic heterocycles.